The van der Waals surface area contributed by atoms with Gasteiger partial charge in [-0.25, -0.2) is 9.37 Å². The van der Waals surface area contributed by atoms with Gasteiger partial charge in [0.15, 0.2) is 5.82 Å². The van der Waals surface area contributed by atoms with Gasteiger partial charge in [-0.05, 0) is 46.1 Å². The minimum absolute atomic E-state index is 0.0701. The molecule has 0 amide bonds. The number of halogens is 3. The van der Waals surface area contributed by atoms with E-state index in [1.807, 2.05) is 26.8 Å². The van der Waals surface area contributed by atoms with Crippen LogP contribution in [0.5, 0.6) is 0 Å². The standard InChI is InChI=1S/C13H13BrClFN4.C2H6/c1-7-6-8-11(10(16)9(7)14)18-13(15)19-12(8)20-4-2-17-3-5-20;1-2/h6,17H,2-5H2,1H3;1-2H3. The zero-order valence-corrected chi connectivity index (χ0v) is 15.2. The van der Waals surface area contributed by atoms with E-state index in [4.69, 9.17) is 11.6 Å². The Bertz CT molecular complexity index is 674. The smallest absolute Gasteiger partial charge is 0.225 e. The van der Waals surface area contributed by atoms with Crippen molar-refractivity contribution < 1.29 is 4.39 Å². The Balaban J connectivity index is 0.000000847. The molecule has 1 saturated heterocycles. The Morgan fingerprint density at radius 3 is 2.55 bits per heavy atom. The molecule has 0 radical (unpaired) electrons. The number of hydrogen-bond acceptors (Lipinski definition) is 4. The topological polar surface area (TPSA) is 41.0 Å². The molecular weight excluding hydrogens is 371 g/mol. The number of benzene rings is 1. The molecule has 2 heterocycles. The molecule has 22 heavy (non-hydrogen) atoms. The number of nitrogens with zero attached hydrogens (tertiary/aromatic N) is 3. The van der Waals surface area contributed by atoms with E-state index in [9.17, 15) is 4.39 Å². The van der Waals surface area contributed by atoms with E-state index in [0.717, 1.165) is 31.7 Å². The van der Waals surface area contributed by atoms with Crippen molar-refractivity contribution >= 4 is 44.3 Å². The lowest BCUT2D eigenvalue weighted by molar-refractivity contribution is 0.585. The van der Waals surface area contributed by atoms with Crippen LogP contribution in [0.15, 0.2) is 10.5 Å². The van der Waals surface area contributed by atoms with E-state index in [2.05, 4.69) is 36.1 Å². The highest BCUT2D eigenvalue weighted by Crippen LogP contribution is 2.33. The second-order valence-corrected chi connectivity index (χ2v) is 5.90. The molecule has 1 aromatic carbocycles. The van der Waals surface area contributed by atoms with Gasteiger partial charge in [0.2, 0.25) is 5.28 Å². The molecule has 1 aromatic heterocycles. The Morgan fingerprint density at radius 2 is 1.91 bits per heavy atom. The number of hydrogen-bond donors (Lipinski definition) is 1. The second kappa shape index (κ2) is 7.53. The van der Waals surface area contributed by atoms with Gasteiger partial charge >= 0.3 is 0 Å². The van der Waals surface area contributed by atoms with E-state index in [-0.39, 0.29) is 16.6 Å². The van der Waals surface area contributed by atoms with Crippen LogP contribution in [0.2, 0.25) is 5.28 Å². The molecule has 0 saturated carbocycles. The molecule has 0 spiro atoms. The van der Waals surface area contributed by atoms with Crippen LogP contribution in [0.4, 0.5) is 10.2 Å². The zero-order chi connectivity index (χ0) is 16.3. The summed E-state index contributed by atoms with van der Waals surface area (Å²) in [5.41, 5.74) is 1.08. The molecule has 1 fully saturated rings. The maximum atomic E-state index is 14.4. The van der Waals surface area contributed by atoms with Crippen LogP contribution in [-0.2, 0) is 0 Å². The van der Waals surface area contributed by atoms with Crippen molar-refractivity contribution in [2.24, 2.45) is 0 Å². The highest BCUT2D eigenvalue weighted by Gasteiger charge is 2.20. The first-order chi connectivity index (χ1) is 10.6. The Hall–Kier alpha value is -0.980. The molecule has 1 N–H and O–H groups in total. The van der Waals surface area contributed by atoms with Crippen LogP contribution in [0.1, 0.15) is 19.4 Å². The molecule has 0 atom stereocenters. The summed E-state index contributed by atoms with van der Waals surface area (Å²) < 4.78 is 14.8. The lowest BCUT2D eigenvalue weighted by Crippen LogP contribution is -2.44. The van der Waals surface area contributed by atoms with Gasteiger partial charge in [0.1, 0.15) is 11.3 Å². The molecule has 120 valence electrons. The number of aryl methyl sites for hydroxylation is 1. The Labute approximate surface area is 143 Å². The first kappa shape index (κ1) is 17.4. The number of anilines is 1. The van der Waals surface area contributed by atoms with Crippen LogP contribution in [-0.4, -0.2) is 36.1 Å². The molecule has 3 rings (SSSR count). The SMILES string of the molecule is CC.Cc1cc2c(N3CCNCC3)nc(Cl)nc2c(F)c1Br. The van der Waals surface area contributed by atoms with Crippen LogP contribution < -0.4 is 10.2 Å². The quantitative estimate of drug-likeness (QED) is 0.750. The van der Waals surface area contributed by atoms with E-state index >= 15 is 0 Å². The van der Waals surface area contributed by atoms with Gasteiger partial charge in [0, 0.05) is 31.6 Å². The summed E-state index contributed by atoms with van der Waals surface area (Å²) in [6.07, 6.45) is 0. The monoisotopic (exact) mass is 388 g/mol. The van der Waals surface area contributed by atoms with Crippen molar-refractivity contribution in [1.82, 2.24) is 15.3 Å². The van der Waals surface area contributed by atoms with Crippen LogP contribution in [0.3, 0.4) is 0 Å². The first-order valence-corrected chi connectivity index (χ1v) is 8.52. The molecule has 1 aliphatic rings. The first-order valence-electron chi connectivity index (χ1n) is 7.35. The highest BCUT2D eigenvalue weighted by molar-refractivity contribution is 9.10. The van der Waals surface area contributed by atoms with Crippen molar-refractivity contribution in [3.63, 3.8) is 0 Å². The summed E-state index contributed by atoms with van der Waals surface area (Å²) in [4.78, 5) is 10.5. The second-order valence-electron chi connectivity index (χ2n) is 4.77. The molecular formula is C15H19BrClFN4. The van der Waals surface area contributed by atoms with Crippen LogP contribution in [0.25, 0.3) is 10.9 Å². The average Bonchev–Trinajstić information content (AvgIpc) is 2.56. The summed E-state index contributed by atoms with van der Waals surface area (Å²) in [6, 6.07) is 1.90. The number of piperazine rings is 1. The summed E-state index contributed by atoms with van der Waals surface area (Å²) in [5.74, 6) is 0.316. The Morgan fingerprint density at radius 1 is 1.27 bits per heavy atom. The van der Waals surface area contributed by atoms with Gasteiger partial charge in [-0.1, -0.05) is 13.8 Å². The van der Waals surface area contributed by atoms with Crippen molar-refractivity contribution in [2.75, 3.05) is 31.1 Å². The zero-order valence-electron chi connectivity index (χ0n) is 12.9. The lowest BCUT2D eigenvalue weighted by atomic mass is 10.1. The van der Waals surface area contributed by atoms with Crippen molar-refractivity contribution in [3.8, 4) is 0 Å². The van der Waals surface area contributed by atoms with E-state index in [1.165, 1.54) is 0 Å². The summed E-state index contributed by atoms with van der Waals surface area (Å²) in [6.45, 7) is 9.24. The molecule has 4 nitrogen and oxygen atoms in total. The molecule has 0 bridgehead atoms. The van der Waals surface area contributed by atoms with Crippen molar-refractivity contribution in [2.45, 2.75) is 20.8 Å². The minimum Gasteiger partial charge on any atom is -0.353 e. The largest absolute Gasteiger partial charge is 0.353 e. The summed E-state index contributed by atoms with van der Waals surface area (Å²) in [7, 11) is 0. The third kappa shape index (κ3) is 3.34. The van der Waals surface area contributed by atoms with Gasteiger partial charge in [-0.3, -0.25) is 0 Å². The van der Waals surface area contributed by atoms with Gasteiger partial charge in [-0.2, -0.15) is 4.98 Å². The number of nitrogens with one attached hydrogen (secondary N) is 1. The molecule has 7 heteroatoms. The summed E-state index contributed by atoms with van der Waals surface area (Å²) >= 11 is 9.20. The predicted molar refractivity (Wildman–Crippen MR) is 93.4 cm³/mol. The highest BCUT2D eigenvalue weighted by atomic mass is 79.9. The van der Waals surface area contributed by atoms with Crippen LogP contribution >= 0.6 is 27.5 Å². The minimum atomic E-state index is -0.388. The Kier molecular flexibility index (Phi) is 5.94. The van der Waals surface area contributed by atoms with Gasteiger partial charge in [0.05, 0.1) is 4.47 Å². The maximum Gasteiger partial charge on any atom is 0.225 e. The van der Waals surface area contributed by atoms with Crippen molar-refractivity contribution in [1.29, 1.82) is 0 Å². The molecule has 2 aromatic rings. The third-order valence-electron chi connectivity index (χ3n) is 3.42. The lowest BCUT2D eigenvalue weighted by Gasteiger charge is -2.29. The van der Waals surface area contributed by atoms with Gasteiger partial charge in [-0.15, -0.1) is 0 Å². The predicted octanol–water partition coefficient (Wildman–Crippen LogP) is 3.93. The normalized spacial score (nSPS) is 14.7. The fraction of sp³-hybridized carbons (Fsp3) is 0.467. The van der Waals surface area contributed by atoms with Crippen LogP contribution in [0, 0.1) is 12.7 Å². The fourth-order valence-electron chi connectivity index (χ4n) is 2.41. The number of aromatic nitrogens is 2. The van der Waals surface area contributed by atoms with Crippen molar-refractivity contribution in [3.05, 3.63) is 27.2 Å². The average molecular weight is 390 g/mol. The number of rotatable bonds is 1. The fourth-order valence-corrected chi connectivity index (χ4v) is 2.87. The molecule has 1 aliphatic heterocycles. The van der Waals surface area contributed by atoms with E-state index < -0.39 is 0 Å². The maximum absolute atomic E-state index is 14.4. The van der Waals surface area contributed by atoms with E-state index in [0.29, 0.717) is 15.7 Å². The summed E-state index contributed by atoms with van der Waals surface area (Å²) in [5, 5.41) is 4.05. The molecule has 0 unspecified atom stereocenters. The number of fused-ring (bicyclic) bond motifs is 1. The van der Waals surface area contributed by atoms with Gasteiger partial charge < -0.3 is 10.2 Å². The van der Waals surface area contributed by atoms with Gasteiger partial charge in [0.25, 0.3) is 0 Å². The molecule has 0 aliphatic carbocycles. The third-order valence-corrected chi connectivity index (χ3v) is 4.57. The van der Waals surface area contributed by atoms with E-state index in [1.54, 1.807) is 0 Å².